The summed E-state index contributed by atoms with van der Waals surface area (Å²) < 4.78 is 45.3. The number of aliphatic hydroxyl groups excluding tert-OH is 3. The molecule has 0 bridgehead atoms. The molecule has 1 heterocycles. The summed E-state index contributed by atoms with van der Waals surface area (Å²) in [6.45, 7) is 7.30. The monoisotopic (exact) mass is 1100 g/mol. The van der Waals surface area contributed by atoms with Crippen molar-refractivity contribution >= 4 is 47.5 Å². The summed E-state index contributed by atoms with van der Waals surface area (Å²) in [6, 6.07) is 20.5. The highest BCUT2D eigenvalue weighted by atomic mass is 32.2. The third kappa shape index (κ3) is 24.4. The maximum absolute atomic E-state index is 13.0. The van der Waals surface area contributed by atoms with Gasteiger partial charge in [0.1, 0.15) is 30.3 Å². The normalized spacial score (nSPS) is 17.9. The average Bonchev–Trinajstić information content (AvgIpc) is 3.45. The van der Waals surface area contributed by atoms with Crippen LogP contribution in [0.2, 0.25) is 0 Å². The van der Waals surface area contributed by atoms with Crippen molar-refractivity contribution in [3.8, 4) is 16.9 Å². The number of benzene rings is 3. The smallest absolute Gasteiger partial charge is 0.251 e. The molecule has 0 spiro atoms. The highest BCUT2D eigenvalue weighted by molar-refractivity contribution is 7.99. The van der Waals surface area contributed by atoms with Crippen molar-refractivity contribution in [3.63, 3.8) is 0 Å². The number of carbonyl (C=O) groups excluding carboxylic acids is 6. The summed E-state index contributed by atoms with van der Waals surface area (Å²) in [4.78, 5) is 73.2. The number of carbonyl (C=O) groups is 6. The number of nitrogens with one attached hydrogen (secondary N) is 4. The van der Waals surface area contributed by atoms with Crippen molar-refractivity contribution in [1.82, 2.24) is 21.4 Å². The van der Waals surface area contributed by atoms with E-state index in [0.29, 0.717) is 127 Å². The summed E-state index contributed by atoms with van der Waals surface area (Å²) >= 11 is 1.54. The van der Waals surface area contributed by atoms with Gasteiger partial charge in [-0.25, -0.2) is 5.84 Å². The first-order valence-corrected chi connectivity index (χ1v) is 26.9. The van der Waals surface area contributed by atoms with Crippen molar-refractivity contribution in [2.24, 2.45) is 5.84 Å². The molecule has 4 amide bonds. The molecule has 77 heavy (non-hydrogen) atoms. The lowest BCUT2D eigenvalue weighted by molar-refractivity contribution is -0.296. The maximum atomic E-state index is 13.0. The van der Waals surface area contributed by atoms with Crippen molar-refractivity contribution < 1.29 is 82.0 Å². The van der Waals surface area contributed by atoms with E-state index in [1.165, 1.54) is 18.7 Å². The molecule has 0 aromatic heterocycles. The van der Waals surface area contributed by atoms with Crippen LogP contribution in [0.5, 0.6) is 5.75 Å². The SMILES string of the molecule is CC(=O)N[C@H]1[C@H]([C@H](O)[C@H](O)CNC(=O)c2ccc(-c3ccccc3)cc2)O[C@](C=O)(OCCCSCCNC(=O)c2ccc(C)c(OCCOCCOCCOCCOCCOCCCC(=O)CCC(=O)NN)c2)C[C@@H]1O. The fraction of sp³-hybridized carbons (Fsp3) is 0.556. The molecule has 1 aliphatic rings. The number of hydrazine groups is 1. The highest BCUT2D eigenvalue weighted by Gasteiger charge is 2.51. The molecule has 4 rings (SSSR count). The van der Waals surface area contributed by atoms with Crippen molar-refractivity contribution in [3.05, 3.63) is 89.5 Å². The molecule has 3 aromatic carbocycles. The van der Waals surface area contributed by atoms with Gasteiger partial charge in [0, 0.05) is 69.2 Å². The first-order valence-electron chi connectivity index (χ1n) is 25.8. The lowest BCUT2D eigenvalue weighted by atomic mass is 9.88. The Balaban J connectivity index is 1.03. The second-order valence-electron chi connectivity index (χ2n) is 17.9. The first-order chi connectivity index (χ1) is 37.3. The molecule has 9 N–H and O–H groups in total. The highest BCUT2D eigenvalue weighted by Crippen LogP contribution is 2.32. The predicted molar refractivity (Wildman–Crippen MR) is 285 cm³/mol. The lowest BCUT2D eigenvalue weighted by Crippen LogP contribution is -2.66. The third-order valence-corrected chi connectivity index (χ3v) is 12.9. The minimum atomic E-state index is -2.00. The zero-order valence-corrected chi connectivity index (χ0v) is 44.8. The van der Waals surface area contributed by atoms with Gasteiger partial charge >= 0.3 is 0 Å². The molecule has 426 valence electrons. The molecular weight excluding hydrogens is 1020 g/mol. The van der Waals surface area contributed by atoms with Crippen LogP contribution in [0.4, 0.5) is 0 Å². The van der Waals surface area contributed by atoms with Crippen LogP contribution in [0, 0.1) is 6.92 Å². The predicted octanol–water partition coefficient (Wildman–Crippen LogP) is 1.81. The third-order valence-electron chi connectivity index (χ3n) is 11.9. The van der Waals surface area contributed by atoms with Crippen LogP contribution in [0.1, 0.15) is 71.7 Å². The number of amides is 4. The summed E-state index contributed by atoms with van der Waals surface area (Å²) in [5.74, 6) is 3.03. The van der Waals surface area contributed by atoms with Gasteiger partial charge in [-0.2, -0.15) is 11.8 Å². The minimum absolute atomic E-state index is 0.00522. The number of aliphatic hydroxyl groups is 3. The number of aryl methyl sites for hydroxylation is 1. The number of hydrogen-bond donors (Lipinski definition) is 8. The Morgan fingerprint density at radius 2 is 1.34 bits per heavy atom. The summed E-state index contributed by atoms with van der Waals surface area (Å²) in [7, 11) is 0. The zero-order chi connectivity index (χ0) is 55.7. The molecule has 0 radical (unpaired) electrons. The zero-order valence-electron chi connectivity index (χ0n) is 44.0. The fourth-order valence-corrected chi connectivity index (χ4v) is 8.50. The summed E-state index contributed by atoms with van der Waals surface area (Å²) in [5.41, 5.74) is 5.50. The van der Waals surface area contributed by atoms with E-state index in [4.69, 9.17) is 43.7 Å². The number of ether oxygens (including phenoxy) is 8. The molecule has 22 nitrogen and oxygen atoms in total. The largest absolute Gasteiger partial charge is 0.491 e. The molecule has 0 unspecified atom stereocenters. The minimum Gasteiger partial charge on any atom is -0.491 e. The van der Waals surface area contributed by atoms with E-state index in [1.807, 2.05) is 48.7 Å². The molecule has 6 atom stereocenters. The Labute approximate surface area is 454 Å². The molecule has 0 aliphatic carbocycles. The van der Waals surface area contributed by atoms with Gasteiger partial charge < -0.3 is 69.2 Å². The molecule has 1 fully saturated rings. The number of hydrogen-bond acceptors (Lipinski definition) is 19. The number of rotatable bonds is 40. The maximum Gasteiger partial charge on any atom is 0.251 e. The molecule has 3 aromatic rings. The standard InChI is InChI=1S/C54H77N5O17S/c1-38-11-12-43(34-47(38)74-31-30-73-29-28-72-27-26-71-25-24-70-23-22-69-20-6-10-44(62)17-18-48(65)59-55)53(68)56-19-33-77-32-7-21-75-54(37-60)35-45(63)49(58-39(2)61)51(76-54)50(66)46(64)36-57-52(67)42-15-13-41(14-16-42)40-8-4-3-5-9-40/h3-5,8-9,11-16,34,37,45-46,49-51,63-64,66H,6-7,10,17-33,35-36,55H2,1-2H3,(H,56,68)(H,57,67)(H,58,61)(H,59,65)/t45-,46+,49+,50+,51+,54+/m0/s1. The van der Waals surface area contributed by atoms with Crippen LogP contribution in [-0.4, -0.2) is 191 Å². The number of thioether (sulfide) groups is 1. The van der Waals surface area contributed by atoms with Gasteiger partial charge in [0.15, 0.2) is 6.29 Å². The van der Waals surface area contributed by atoms with Gasteiger partial charge in [-0.05, 0) is 66.5 Å². The van der Waals surface area contributed by atoms with Gasteiger partial charge in [0.05, 0.1) is 84.3 Å². The van der Waals surface area contributed by atoms with Crippen LogP contribution >= 0.6 is 11.8 Å². The Morgan fingerprint density at radius 3 is 1.96 bits per heavy atom. The van der Waals surface area contributed by atoms with Crippen molar-refractivity contribution in [2.45, 2.75) is 88.6 Å². The second-order valence-corrected chi connectivity index (χ2v) is 19.1. The van der Waals surface area contributed by atoms with Gasteiger partial charge in [0.2, 0.25) is 17.6 Å². The summed E-state index contributed by atoms with van der Waals surface area (Å²) in [5, 5.41) is 41.4. The number of ketones is 1. The van der Waals surface area contributed by atoms with Crippen molar-refractivity contribution in [1.29, 1.82) is 0 Å². The van der Waals surface area contributed by atoms with E-state index in [9.17, 15) is 44.1 Å². The van der Waals surface area contributed by atoms with Crippen LogP contribution in [-0.2, 0) is 52.3 Å². The van der Waals surface area contributed by atoms with E-state index >= 15 is 0 Å². The number of aldehydes is 1. The Hall–Kier alpha value is -5.41. The Kier molecular flexibility index (Phi) is 30.5. The molecule has 1 aliphatic heterocycles. The van der Waals surface area contributed by atoms with Gasteiger partial charge in [-0.1, -0.05) is 48.5 Å². The molecule has 1 saturated heterocycles. The molecule has 23 heteroatoms. The van der Waals surface area contributed by atoms with Crippen LogP contribution in [0.25, 0.3) is 11.1 Å². The molecule has 0 saturated carbocycles. The van der Waals surface area contributed by atoms with Crippen LogP contribution < -0.4 is 32.0 Å². The second kappa shape index (κ2) is 36.6. The van der Waals surface area contributed by atoms with Gasteiger partial charge in [-0.15, -0.1) is 0 Å². The van der Waals surface area contributed by atoms with Gasteiger partial charge in [-0.3, -0.25) is 34.2 Å². The Bertz CT molecular complexity index is 2230. The van der Waals surface area contributed by atoms with E-state index in [-0.39, 0.29) is 50.1 Å². The van der Waals surface area contributed by atoms with Crippen LogP contribution in [0.15, 0.2) is 72.8 Å². The van der Waals surface area contributed by atoms with E-state index < -0.39 is 54.6 Å². The first kappa shape index (κ1) is 64.1. The van der Waals surface area contributed by atoms with Crippen molar-refractivity contribution in [2.75, 3.05) is 104 Å². The molecular formula is C54H77N5O17S. The van der Waals surface area contributed by atoms with Crippen LogP contribution in [0.3, 0.4) is 0 Å². The Morgan fingerprint density at radius 1 is 0.740 bits per heavy atom. The average molecular weight is 1100 g/mol. The lowest BCUT2D eigenvalue weighted by Gasteiger charge is -2.46. The quantitative estimate of drug-likeness (QED) is 0.0132. The summed E-state index contributed by atoms with van der Waals surface area (Å²) in [6.07, 6.45) is -4.67. The topological polar surface area (TPSA) is 311 Å². The fourth-order valence-electron chi connectivity index (χ4n) is 7.73. The number of nitrogens with two attached hydrogens (primary N) is 1. The van der Waals surface area contributed by atoms with E-state index in [1.54, 1.807) is 36.4 Å². The van der Waals surface area contributed by atoms with Gasteiger partial charge in [0.25, 0.3) is 11.8 Å². The number of Topliss-reactive ketones (excluding diaryl/α,β-unsaturated/α-hetero) is 1. The van der Waals surface area contributed by atoms with E-state index in [0.717, 1.165) is 16.7 Å². The van der Waals surface area contributed by atoms with E-state index in [2.05, 4.69) is 16.0 Å².